The quantitative estimate of drug-likeness (QED) is 0.486. The maximum atomic E-state index is 13.9. The lowest BCUT2D eigenvalue weighted by Crippen LogP contribution is -2.69. The van der Waals surface area contributed by atoms with Crippen molar-refractivity contribution in [3.8, 4) is 0 Å². The predicted molar refractivity (Wildman–Crippen MR) is 131 cm³/mol. The number of hydrogen-bond donors (Lipinski definition) is 1. The zero-order valence-electron chi connectivity index (χ0n) is 22.1. The van der Waals surface area contributed by atoms with Crippen LogP contribution in [-0.4, -0.2) is 29.2 Å². The van der Waals surface area contributed by atoms with Crippen LogP contribution in [0.3, 0.4) is 0 Å². The molecule has 10 atom stereocenters. The summed E-state index contributed by atoms with van der Waals surface area (Å²) in [7, 11) is 0. The predicted octanol–water partition coefficient (Wildman–Crippen LogP) is 6.56. The van der Waals surface area contributed by atoms with Crippen molar-refractivity contribution in [1.29, 1.82) is 0 Å². The second-order valence-corrected chi connectivity index (χ2v) is 15.1. The summed E-state index contributed by atoms with van der Waals surface area (Å²) in [6.07, 6.45) is 11.9. The first kappa shape index (κ1) is 23.0. The standard InChI is InChI=1S/C30H48O3/c1-7-26(4)19-8-11-28(6)20(27(19,5)12-10-23(26)31)9-13-30-21(28)16-24(32)29(18-33-30)15-14-25(2,3)17-22(29)30/h19-23,31H,7-18H2,1-6H3/t19-,20-,21-,22+,23-,26-,27-,28+,29+,30+/m0/s1. The SMILES string of the molecule is CC[C@@]1(C)[C@@H]2CC[C@]3(C)[C@@H](CC[C@]45OC[C@@]6(CCC(C)(C)C[C@H]64)C(=O)C[C@@H]35)[C@@]2(C)CC[C@@H]1O. The van der Waals surface area contributed by atoms with Crippen LogP contribution in [0.15, 0.2) is 0 Å². The van der Waals surface area contributed by atoms with E-state index in [1.165, 1.54) is 19.3 Å². The van der Waals surface area contributed by atoms with Crippen LogP contribution < -0.4 is 0 Å². The molecule has 1 aliphatic heterocycles. The van der Waals surface area contributed by atoms with Crippen LogP contribution in [0.25, 0.3) is 0 Å². The van der Waals surface area contributed by atoms with Crippen LogP contribution in [0, 0.1) is 50.7 Å². The topological polar surface area (TPSA) is 46.5 Å². The molecular formula is C30H48O3. The third-order valence-electron chi connectivity index (χ3n) is 13.6. The smallest absolute Gasteiger partial charge is 0.142 e. The Labute approximate surface area is 201 Å². The van der Waals surface area contributed by atoms with Gasteiger partial charge in [0, 0.05) is 18.3 Å². The number of ether oxygens (including phenoxy) is 1. The Balaban J connectivity index is 1.41. The first-order valence-corrected chi connectivity index (χ1v) is 14.2. The Kier molecular flexibility index (Phi) is 4.65. The first-order chi connectivity index (χ1) is 15.4. The third-order valence-corrected chi connectivity index (χ3v) is 13.6. The van der Waals surface area contributed by atoms with E-state index >= 15 is 0 Å². The molecule has 0 radical (unpaired) electrons. The molecule has 5 aliphatic carbocycles. The molecule has 3 nitrogen and oxygen atoms in total. The molecule has 2 bridgehead atoms. The van der Waals surface area contributed by atoms with Gasteiger partial charge in [0.25, 0.3) is 0 Å². The number of aliphatic hydroxyl groups is 1. The molecule has 1 heterocycles. The summed E-state index contributed by atoms with van der Waals surface area (Å²) in [4.78, 5) is 13.9. The molecule has 6 fully saturated rings. The molecule has 0 aromatic carbocycles. The summed E-state index contributed by atoms with van der Waals surface area (Å²) < 4.78 is 6.97. The largest absolute Gasteiger partial charge is 0.393 e. The third kappa shape index (κ3) is 2.58. The van der Waals surface area contributed by atoms with Gasteiger partial charge in [0.05, 0.1) is 23.7 Å². The summed E-state index contributed by atoms with van der Waals surface area (Å²) in [6, 6.07) is 0. The Morgan fingerprint density at radius 2 is 1.52 bits per heavy atom. The minimum Gasteiger partial charge on any atom is -0.393 e. The van der Waals surface area contributed by atoms with Crippen molar-refractivity contribution < 1.29 is 14.6 Å². The molecule has 1 spiro atoms. The summed E-state index contributed by atoms with van der Waals surface area (Å²) in [5.74, 6) is 2.58. The number of aliphatic hydroxyl groups excluding tert-OH is 1. The van der Waals surface area contributed by atoms with Crippen molar-refractivity contribution in [2.24, 2.45) is 50.7 Å². The van der Waals surface area contributed by atoms with Gasteiger partial charge >= 0.3 is 0 Å². The van der Waals surface area contributed by atoms with Gasteiger partial charge in [0.2, 0.25) is 0 Å². The minimum absolute atomic E-state index is 0.0260. The number of carbonyl (C=O) groups excluding carboxylic acids is 1. The second kappa shape index (κ2) is 6.67. The van der Waals surface area contributed by atoms with E-state index in [0.717, 1.165) is 51.4 Å². The van der Waals surface area contributed by atoms with E-state index in [2.05, 4.69) is 41.5 Å². The van der Waals surface area contributed by atoms with Crippen LogP contribution in [0.5, 0.6) is 0 Å². The number of carbonyl (C=O) groups is 1. The molecule has 186 valence electrons. The van der Waals surface area contributed by atoms with Crippen molar-refractivity contribution in [2.45, 2.75) is 124 Å². The van der Waals surface area contributed by atoms with Gasteiger partial charge in [0.1, 0.15) is 5.78 Å². The van der Waals surface area contributed by atoms with Crippen molar-refractivity contribution >= 4 is 5.78 Å². The summed E-state index contributed by atoms with van der Waals surface area (Å²) in [6.45, 7) is 15.3. The normalized spacial score (nSPS) is 59.2. The Bertz CT molecular complexity index is 865. The molecule has 1 saturated heterocycles. The van der Waals surface area contributed by atoms with Crippen molar-refractivity contribution in [3.63, 3.8) is 0 Å². The van der Waals surface area contributed by atoms with E-state index in [9.17, 15) is 9.90 Å². The van der Waals surface area contributed by atoms with Gasteiger partial charge in [-0.3, -0.25) is 4.79 Å². The van der Waals surface area contributed by atoms with Gasteiger partial charge in [-0.1, -0.05) is 41.5 Å². The molecule has 5 saturated carbocycles. The highest BCUT2D eigenvalue weighted by Gasteiger charge is 2.75. The second-order valence-electron chi connectivity index (χ2n) is 15.1. The molecule has 3 heteroatoms. The maximum absolute atomic E-state index is 13.9. The number of Topliss-reactive ketones (excluding diaryl/α,β-unsaturated/α-hetero) is 1. The number of fused-ring (bicyclic) bond motifs is 4. The van der Waals surface area contributed by atoms with E-state index in [-0.39, 0.29) is 33.4 Å². The molecule has 33 heavy (non-hydrogen) atoms. The van der Waals surface area contributed by atoms with E-state index in [1.807, 2.05) is 0 Å². The van der Waals surface area contributed by atoms with Gasteiger partial charge in [-0.05, 0) is 97.7 Å². The van der Waals surface area contributed by atoms with Gasteiger partial charge in [-0.25, -0.2) is 0 Å². The lowest BCUT2D eigenvalue weighted by Gasteiger charge is -2.70. The fourth-order valence-electron chi connectivity index (χ4n) is 11.6. The summed E-state index contributed by atoms with van der Waals surface area (Å²) in [5, 5.41) is 11.1. The van der Waals surface area contributed by atoms with Crippen LogP contribution in [0.1, 0.15) is 112 Å². The molecule has 0 unspecified atom stereocenters. The van der Waals surface area contributed by atoms with Gasteiger partial charge in [-0.2, -0.15) is 0 Å². The van der Waals surface area contributed by atoms with Gasteiger partial charge < -0.3 is 9.84 Å². The Morgan fingerprint density at radius 1 is 0.848 bits per heavy atom. The van der Waals surface area contributed by atoms with Crippen LogP contribution in [0.4, 0.5) is 0 Å². The zero-order valence-corrected chi connectivity index (χ0v) is 22.1. The van der Waals surface area contributed by atoms with Crippen molar-refractivity contribution in [2.75, 3.05) is 6.61 Å². The van der Waals surface area contributed by atoms with Crippen molar-refractivity contribution in [3.05, 3.63) is 0 Å². The molecule has 0 aromatic rings. The average Bonchev–Trinajstić information content (AvgIpc) is 3.00. The monoisotopic (exact) mass is 456 g/mol. The molecule has 6 rings (SSSR count). The minimum atomic E-state index is -0.175. The maximum Gasteiger partial charge on any atom is 0.142 e. The van der Waals surface area contributed by atoms with Crippen LogP contribution >= 0.6 is 0 Å². The highest BCUT2D eigenvalue weighted by Crippen LogP contribution is 2.76. The number of ketones is 1. The number of rotatable bonds is 1. The fraction of sp³-hybridized carbons (Fsp3) is 0.967. The Hall–Kier alpha value is -0.410. The van der Waals surface area contributed by atoms with E-state index < -0.39 is 0 Å². The average molecular weight is 457 g/mol. The summed E-state index contributed by atoms with van der Waals surface area (Å²) >= 11 is 0. The van der Waals surface area contributed by atoms with E-state index in [1.54, 1.807) is 0 Å². The lowest BCUT2D eigenvalue weighted by molar-refractivity contribution is -0.247. The lowest BCUT2D eigenvalue weighted by atomic mass is 9.34. The van der Waals surface area contributed by atoms with Crippen molar-refractivity contribution in [1.82, 2.24) is 0 Å². The fourth-order valence-corrected chi connectivity index (χ4v) is 11.6. The first-order valence-electron chi connectivity index (χ1n) is 14.2. The van der Waals surface area contributed by atoms with E-state index in [4.69, 9.17) is 4.74 Å². The molecular weight excluding hydrogens is 408 g/mol. The Morgan fingerprint density at radius 3 is 2.24 bits per heavy atom. The molecule has 0 amide bonds. The molecule has 1 N–H and O–H groups in total. The highest BCUT2D eigenvalue weighted by atomic mass is 16.5. The molecule has 0 aromatic heterocycles. The van der Waals surface area contributed by atoms with Gasteiger partial charge in [-0.15, -0.1) is 0 Å². The van der Waals surface area contributed by atoms with Crippen LogP contribution in [-0.2, 0) is 9.53 Å². The number of hydrogen-bond acceptors (Lipinski definition) is 3. The zero-order chi connectivity index (χ0) is 23.7. The summed E-state index contributed by atoms with van der Waals surface area (Å²) in [5.41, 5.74) is 0.544. The van der Waals surface area contributed by atoms with E-state index in [0.29, 0.717) is 41.5 Å². The highest BCUT2D eigenvalue weighted by molar-refractivity contribution is 5.88. The van der Waals surface area contributed by atoms with Gasteiger partial charge in [0.15, 0.2) is 0 Å². The van der Waals surface area contributed by atoms with Crippen LogP contribution in [0.2, 0.25) is 0 Å². The molecule has 6 aliphatic rings.